The van der Waals surface area contributed by atoms with Crippen molar-refractivity contribution in [2.45, 2.75) is 65.2 Å². The van der Waals surface area contributed by atoms with Gasteiger partial charge in [-0.05, 0) is 52.1 Å². The van der Waals surface area contributed by atoms with E-state index in [1.807, 2.05) is 6.92 Å². The van der Waals surface area contributed by atoms with Crippen molar-refractivity contribution in [2.24, 2.45) is 5.92 Å². The molecule has 19 heavy (non-hydrogen) atoms. The molecule has 3 atom stereocenters. The van der Waals surface area contributed by atoms with Crippen LogP contribution >= 0.6 is 0 Å². The molecule has 0 aromatic heterocycles. The molecule has 3 unspecified atom stereocenters. The van der Waals surface area contributed by atoms with Crippen LogP contribution in [0, 0.1) is 5.92 Å². The molecule has 4 heteroatoms. The lowest BCUT2D eigenvalue weighted by Gasteiger charge is -2.33. The van der Waals surface area contributed by atoms with Crippen molar-refractivity contribution in [2.75, 3.05) is 19.6 Å². The Bertz CT molecular complexity index is 313. The molecule has 0 bridgehead atoms. The van der Waals surface area contributed by atoms with Gasteiger partial charge in [-0.15, -0.1) is 0 Å². The van der Waals surface area contributed by atoms with E-state index in [9.17, 15) is 4.79 Å². The topological polar surface area (TPSA) is 35.6 Å². The first-order valence-electron chi connectivity index (χ1n) is 7.79. The summed E-state index contributed by atoms with van der Waals surface area (Å²) in [6.45, 7) is 12.0. The fourth-order valence-electron chi connectivity index (χ4n) is 3.40. The maximum absolute atomic E-state index is 12.4. The zero-order valence-electron chi connectivity index (χ0n) is 12.9. The van der Waals surface area contributed by atoms with E-state index in [0.717, 1.165) is 13.0 Å². The smallest absolute Gasteiger partial charge is 0.241 e. The van der Waals surface area contributed by atoms with Crippen LogP contribution in [0.1, 0.15) is 47.0 Å². The lowest BCUT2D eigenvalue weighted by atomic mass is 10.1. The number of likely N-dealkylation sites (tertiary alicyclic amines) is 1. The van der Waals surface area contributed by atoms with Crippen LogP contribution in [0.5, 0.6) is 0 Å². The van der Waals surface area contributed by atoms with E-state index in [-0.39, 0.29) is 18.1 Å². The zero-order valence-corrected chi connectivity index (χ0v) is 12.9. The Morgan fingerprint density at radius 1 is 1.26 bits per heavy atom. The average molecular weight is 267 g/mol. The third-order valence-corrected chi connectivity index (χ3v) is 4.29. The third-order valence-electron chi connectivity index (χ3n) is 4.29. The van der Waals surface area contributed by atoms with Gasteiger partial charge in [0.15, 0.2) is 0 Å². The molecule has 1 amide bonds. The van der Waals surface area contributed by atoms with Gasteiger partial charge >= 0.3 is 0 Å². The van der Waals surface area contributed by atoms with Gasteiger partial charge in [-0.1, -0.05) is 13.8 Å². The molecule has 0 aliphatic carbocycles. The molecule has 2 aliphatic rings. The lowest BCUT2D eigenvalue weighted by molar-refractivity contribution is -0.132. The predicted molar refractivity (Wildman–Crippen MR) is 77.8 cm³/mol. The zero-order chi connectivity index (χ0) is 14.0. The van der Waals surface area contributed by atoms with Crippen LogP contribution in [-0.4, -0.2) is 53.6 Å². The second-order valence-electron chi connectivity index (χ2n) is 6.64. The largest absolute Gasteiger partial charge is 0.322 e. The van der Waals surface area contributed by atoms with Gasteiger partial charge in [0.25, 0.3) is 0 Å². The molecule has 2 saturated heterocycles. The van der Waals surface area contributed by atoms with Gasteiger partial charge in [0.05, 0.1) is 12.2 Å². The summed E-state index contributed by atoms with van der Waals surface area (Å²) in [6, 6.07) is 0.288. The summed E-state index contributed by atoms with van der Waals surface area (Å²) in [6.07, 6.45) is 3.88. The molecule has 0 aromatic carbocycles. The normalized spacial score (nSPS) is 30.6. The van der Waals surface area contributed by atoms with Crippen LogP contribution in [-0.2, 0) is 4.79 Å². The predicted octanol–water partition coefficient (Wildman–Crippen LogP) is 1.66. The summed E-state index contributed by atoms with van der Waals surface area (Å²) in [5.74, 6) is 0.884. The van der Waals surface area contributed by atoms with Crippen molar-refractivity contribution in [3.8, 4) is 0 Å². The molecule has 0 aromatic rings. The Morgan fingerprint density at radius 2 is 1.89 bits per heavy atom. The molecule has 2 fully saturated rings. The highest BCUT2D eigenvalue weighted by atomic mass is 16.2. The third kappa shape index (κ3) is 3.48. The second-order valence-corrected chi connectivity index (χ2v) is 6.64. The first kappa shape index (κ1) is 14.8. The maximum Gasteiger partial charge on any atom is 0.241 e. The maximum atomic E-state index is 12.4. The van der Waals surface area contributed by atoms with Crippen molar-refractivity contribution in [3.63, 3.8) is 0 Å². The van der Waals surface area contributed by atoms with E-state index >= 15 is 0 Å². The van der Waals surface area contributed by atoms with Crippen LogP contribution in [0.4, 0.5) is 0 Å². The molecule has 4 nitrogen and oxygen atoms in total. The minimum atomic E-state index is -0.0234. The Balaban J connectivity index is 1.98. The van der Waals surface area contributed by atoms with E-state index in [1.54, 1.807) is 0 Å². The van der Waals surface area contributed by atoms with E-state index in [2.05, 4.69) is 35.9 Å². The van der Waals surface area contributed by atoms with Gasteiger partial charge < -0.3 is 9.80 Å². The molecule has 1 N–H and O–H groups in total. The fraction of sp³-hybridized carbons (Fsp3) is 0.933. The Kier molecular flexibility index (Phi) is 4.85. The Hall–Kier alpha value is -0.610. The van der Waals surface area contributed by atoms with E-state index in [0.29, 0.717) is 12.0 Å². The van der Waals surface area contributed by atoms with Gasteiger partial charge in [-0.2, -0.15) is 0 Å². The van der Waals surface area contributed by atoms with E-state index in [4.69, 9.17) is 0 Å². The van der Waals surface area contributed by atoms with E-state index < -0.39 is 0 Å². The number of nitrogens with zero attached hydrogens (tertiary/aromatic N) is 2. The molecule has 0 saturated carbocycles. The molecular formula is C15H29N3O. The van der Waals surface area contributed by atoms with Crippen molar-refractivity contribution in [3.05, 3.63) is 0 Å². The minimum absolute atomic E-state index is 0.0234. The number of carbonyl (C=O) groups excluding carboxylic acids is 1. The second kappa shape index (κ2) is 6.23. The lowest BCUT2D eigenvalue weighted by Crippen LogP contribution is -2.48. The Morgan fingerprint density at radius 3 is 2.47 bits per heavy atom. The quantitative estimate of drug-likeness (QED) is 0.823. The molecular weight excluding hydrogens is 238 g/mol. The molecule has 2 aliphatic heterocycles. The highest BCUT2D eigenvalue weighted by molar-refractivity contribution is 5.84. The number of hydrogen-bond donors (Lipinski definition) is 1. The van der Waals surface area contributed by atoms with Crippen LogP contribution in [0.2, 0.25) is 0 Å². The minimum Gasteiger partial charge on any atom is -0.322 e. The van der Waals surface area contributed by atoms with Crippen molar-refractivity contribution >= 4 is 5.91 Å². The molecule has 0 spiro atoms. The highest BCUT2D eigenvalue weighted by Crippen LogP contribution is 2.21. The van der Waals surface area contributed by atoms with Crippen LogP contribution < -0.4 is 5.32 Å². The van der Waals surface area contributed by atoms with Gasteiger partial charge in [-0.3, -0.25) is 10.1 Å². The summed E-state index contributed by atoms with van der Waals surface area (Å²) >= 11 is 0. The fourth-order valence-corrected chi connectivity index (χ4v) is 3.40. The molecule has 110 valence electrons. The standard InChI is InChI=1S/C15H29N3O/c1-11(2)9-14-16-13(4)15(19)18(14)12(3)10-17-7-5-6-8-17/h11-14,16H,5-10H2,1-4H3. The monoisotopic (exact) mass is 267 g/mol. The van der Waals surface area contributed by atoms with Crippen LogP contribution in [0.25, 0.3) is 0 Å². The van der Waals surface area contributed by atoms with Gasteiger partial charge in [0.2, 0.25) is 5.91 Å². The SMILES string of the molecule is CC(C)CC1NC(C)C(=O)N1C(C)CN1CCCC1. The summed E-state index contributed by atoms with van der Waals surface area (Å²) in [5.41, 5.74) is 0. The van der Waals surface area contributed by atoms with Crippen LogP contribution in [0.15, 0.2) is 0 Å². The molecule has 2 rings (SSSR count). The highest BCUT2D eigenvalue weighted by Gasteiger charge is 2.39. The van der Waals surface area contributed by atoms with Crippen LogP contribution in [0.3, 0.4) is 0 Å². The number of amides is 1. The number of nitrogens with one attached hydrogen (secondary N) is 1. The first-order chi connectivity index (χ1) is 8.99. The van der Waals surface area contributed by atoms with Crippen molar-refractivity contribution < 1.29 is 4.79 Å². The Labute approximate surface area is 117 Å². The van der Waals surface area contributed by atoms with Crippen molar-refractivity contribution in [1.82, 2.24) is 15.1 Å². The first-order valence-corrected chi connectivity index (χ1v) is 7.79. The molecule has 2 heterocycles. The van der Waals surface area contributed by atoms with Crippen molar-refractivity contribution in [1.29, 1.82) is 0 Å². The molecule has 0 radical (unpaired) electrons. The summed E-state index contributed by atoms with van der Waals surface area (Å²) < 4.78 is 0. The average Bonchev–Trinajstić information content (AvgIpc) is 2.88. The van der Waals surface area contributed by atoms with Gasteiger partial charge in [-0.25, -0.2) is 0 Å². The van der Waals surface area contributed by atoms with Gasteiger partial charge in [0.1, 0.15) is 0 Å². The number of carbonyl (C=O) groups is 1. The van der Waals surface area contributed by atoms with Gasteiger partial charge in [0, 0.05) is 12.6 Å². The summed E-state index contributed by atoms with van der Waals surface area (Å²) in [7, 11) is 0. The number of hydrogen-bond acceptors (Lipinski definition) is 3. The summed E-state index contributed by atoms with van der Waals surface area (Å²) in [5, 5.41) is 3.45. The summed E-state index contributed by atoms with van der Waals surface area (Å²) in [4.78, 5) is 17.0. The number of rotatable bonds is 5. The van der Waals surface area contributed by atoms with E-state index in [1.165, 1.54) is 25.9 Å².